The van der Waals surface area contributed by atoms with Crippen LogP contribution in [0.1, 0.15) is 11.7 Å². The predicted molar refractivity (Wildman–Crippen MR) is 75.0 cm³/mol. The van der Waals surface area contributed by atoms with Crippen LogP contribution in [0.4, 0.5) is 0 Å². The van der Waals surface area contributed by atoms with Crippen LogP contribution in [0.25, 0.3) is 0 Å². The van der Waals surface area contributed by atoms with Gasteiger partial charge in [0.25, 0.3) is 0 Å². The number of rotatable bonds is 4. The summed E-state index contributed by atoms with van der Waals surface area (Å²) in [6, 6.07) is 17.5. The normalized spacial score (nSPS) is 17.2. The maximum Gasteiger partial charge on any atom is 0.209 e. The van der Waals surface area contributed by atoms with Gasteiger partial charge < -0.3 is 9.47 Å². The van der Waals surface area contributed by atoms with Crippen LogP contribution in [0.5, 0.6) is 11.5 Å². The van der Waals surface area contributed by atoms with E-state index >= 15 is 0 Å². The van der Waals surface area contributed by atoms with Gasteiger partial charge in [-0.25, -0.2) is 5.48 Å². The molecule has 4 nitrogen and oxygen atoms in total. The van der Waals surface area contributed by atoms with Crippen molar-refractivity contribution in [3.8, 4) is 11.5 Å². The quantitative estimate of drug-likeness (QED) is 0.921. The van der Waals surface area contributed by atoms with Gasteiger partial charge in [-0.3, -0.25) is 4.84 Å². The Morgan fingerprint density at radius 3 is 2.30 bits per heavy atom. The van der Waals surface area contributed by atoms with Gasteiger partial charge in [-0.2, -0.15) is 0 Å². The highest BCUT2D eigenvalue weighted by atomic mass is 16.7. The molecule has 1 N–H and O–H groups in total. The highest BCUT2D eigenvalue weighted by Crippen LogP contribution is 2.27. The molecule has 4 heteroatoms. The van der Waals surface area contributed by atoms with Gasteiger partial charge in [0.2, 0.25) is 5.88 Å². The molecular weight excluding hydrogens is 254 g/mol. The van der Waals surface area contributed by atoms with E-state index in [9.17, 15) is 0 Å². The van der Waals surface area contributed by atoms with E-state index in [1.807, 2.05) is 60.7 Å². The lowest BCUT2D eigenvalue weighted by Crippen LogP contribution is -2.08. The maximum absolute atomic E-state index is 5.74. The summed E-state index contributed by atoms with van der Waals surface area (Å²) in [5.74, 6) is 2.24. The summed E-state index contributed by atoms with van der Waals surface area (Å²) in [6.45, 7) is 0. The molecule has 20 heavy (non-hydrogen) atoms. The van der Waals surface area contributed by atoms with Crippen molar-refractivity contribution in [1.82, 2.24) is 5.48 Å². The van der Waals surface area contributed by atoms with E-state index in [1.165, 1.54) is 0 Å². The van der Waals surface area contributed by atoms with Crippen molar-refractivity contribution in [3.63, 3.8) is 0 Å². The minimum absolute atomic E-state index is 0.143. The van der Waals surface area contributed by atoms with Gasteiger partial charge in [-0.05, 0) is 29.8 Å². The standard InChI is InChI=1S/C16H15NO3/c1-18-16-11-15(20-17-16)12-7-9-14(10-8-12)19-13-5-3-2-4-6-13/h2-11,15,17H,1H3. The SMILES string of the molecule is COC1=CC(c2ccc(Oc3ccccc3)cc2)ON1. The van der Waals surface area contributed by atoms with E-state index < -0.39 is 0 Å². The lowest BCUT2D eigenvalue weighted by Gasteiger charge is -2.09. The first-order chi connectivity index (χ1) is 9.85. The highest BCUT2D eigenvalue weighted by Gasteiger charge is 2.18. The monoisotopic (exact) mass is 269 g/mol. The molecule has 0 saturated carbocycles. The summed E-state index contributed by atoms with van der Waals surface area (Å²) in [5.41, 5.74) is 3.75. The fourth-order valence-corrected chi connectivity index (χ4v) is 1.95. The van der Waals surface area contributed by atoms with Crippen molar-refractivity contribution in [2.75, 3.05) is 7.11 Å². The number of hydroxylamine groups is 1. The largest absolute Gasteiger partial charge is 0.481 e. The van der Waals surface area contributed by atoms with Crippen LogP contribution in [-0.2, 0) is 9.57 Å². The third kappa shape index (κ3) is 2.75. The molecule has 0 spiro atoms. The van der Waals surface area contributed by atoms with E-state index in [1.54, 1.807) is 7.11 Å². The topological polar surface area (TPSA) is 39.7 Å². The number of hydrogen-bond acceptors (Lipinski definition) is 4. The predicted octanol–water partition coefficient (Wildman–Crippen LogP) is 3.54. The molecule has 1 aliphatic heterocycles. The van der Waals surface area contributed by atoms with Crippen molar-refractivity contribution >= 4 is 0 Å². The Morgan fingerprint density at radius 1 is 0.950 bits per heavy atom. The Hall–Kier alpha value is -2.46. The summed E-state index contributed by atoms with van der Waals surface area (Å²) in [5, 5.41) is 0. The van der Waals surface area contributed by atoms with Crippen molar-refractivity contribution in [2.24, 2.45) is 0 Å². The highest BCUT2D eigenvalue weighted by molar-refractivity contribution is 5.34. The van der Waals surface area contributed by atoms with E-state index in [4.69, 9.17) is 14.3 Å². The molecule has 0 aromatic heterocycles. The molecular formula is C16H15NO3. The molecule has 0 fully saturated rings. The Labute approximate surface area is 117 Å². The number of hydrogen-bond donors (Lipinski definition) is 1. The minimum Gasteiger partial charge on any atom is -0.481 e. The van der Waals surface area contributed by atoms with Crippen LogP contribution in [-0.4, -0.2) is 7.11 Å². The fourth-order valence-electron chi connectivity index (χ4n) is 1.95. The maximum atomic E-state index is 5.74. The fraction of sp³-hybridized carbons (Fsp3) is 0.125. The van der Waals surface area contributed by atoms with Crippen molar-refractivity contribution in [3.05, 3.63) is 72.1 Å². The number of ether oxygens (including phenoxy) is 2. The van der Waals surface area contributed by atoms with Crippen LogP contribution in [0, 0.1) is 0 Å². The van der Waals surface area contributed by atoms with Crippen LogP contribution >= 0.6 is 0 Å². The first kappa shape index (κ1) is 12.6. The first-order valence-corrected chi connectivity index (χ1v) is 6.35. The van der Waals surface area contributed by atoms with Gasteiger partial charge in [0.15, 0.2) is 0 Å². The van der Waals surface area contributed by atoms with E-state index in [0.717, 1.165) is 17.1 Å². The van der Waals surface area contributed by atoms with E-state index in [0.29, 0.717) is 5.88 Å². The molecule has 0 bridgehead atoms. The van der Waals surface area contributed by atoms with Gasteiger partial charge >= 0.3 is 0 Å². The Balaban J connectivity index is 1.71. The molecule has 1 aliphatic rings. The van der Waals surface area contributed by atoms with Crippen molar-refractivity contribution in [1.29, 1.82) is 0 Å². The molecule has 3 rings (SSSR count). The summed E-state index contributed by atoms with van der Waals surface area (Å²) >= 11 is 0. The lowest BCUT2D eigenvalue weighted by atomic mass is 10.1. The Kier molecular flexibility index (Phi) is 3.56. The van der Waals surface area contributed by atoms with Crippen LogP contribution < -0.4 is 10.2 Å². The molecule has 2 aromatic carbocycles. The minimum atomic E-state index is -0.143. The number of para-hydroxylation sites is 1. The zero-order valence-corrected chi connectivity index (χ0v) is 11.1. The number of nitrogens with one attached hydrogen (secondary N) is 1. The van der Waals surface area contributed by atoms with E-state index in [2.05, 4.69) is 5.48 Å². The lowest BCUT2D eigenvalue weighted by molar-refractivity contribution is 0.0188. The van der Waals surface area contributed by atoms with Gasteiger partial charge in [0, 0.05) is 6.08 Å². The second-order valence-electron chi connectivity index (χ2n) is 4.36. The average Bonchev–Trinajstić information content (AvgIpc) is 2.98. The summed E-state index contributed by atoms with van der Waals surface area (Å²) < 4.78 is 10.8. The molecule has 0 radical (unpaired) electrons. The van der Waals surface area contributed by atoms with Crippen LogP contribution in [0.15, 0.2) is 66.6 Å². The third-order valence-electron chi connectivity index (χ3n) is 3.00. The smallest absolute Gasteiger partial charge is 0.209 e. The summed E-state index contributed by atoms with van der Waals surface area (Å²) in [7, 11) is 1.60. The number of benzene rings is 2. The van der Waals surface area contributed by atoms with Gasteiger partial charge in [-0.1, -0.05) is 30.3 Å². The van der Waals surface area contributed by atoms with Crippen LogP contribution in [0.2, 0.25) is 0 Å². The molecule has 1 unspecified atom stereocenters. The van der Waals surface area contributed by atoms with Crippen molar-refractivity contribution in [2.45, 2.75) is 6.10 Å². The van der Waals surface area contributed by atoms with Crippen LogP contribution in [0.3, 0.4) is 0 Å². The average molecular weight is 269 g/mol. The van der Waals surface area contributed by atoms with Crippen molar-refractivity contribution < 1.29 is 14.3 Å². The molecule has 0 amide bonds. The zero-order valence-electron chi connectivity index (χ0n) is 11.1. The molecule has 0 aliphatic carbocycles. The van der Waals surface area contributed by atoms with Gasteiger partial charge in [0.05, 0.1) is 7.11 Å². The summed E-state index contributed by atoms with van der Waals surface area (Å²) in [4.78, 5) is 5.39. The summed E-state index contributed by atoms with van der Waals surface area (Å²) in [6.07, 6.45) is 1.74. The third-order valence-corrected chi connectivity index (χ3v) is 3.00. The second-order valence-corrected chi connectivity index (χ2v) is 4.36. The van der Waals surface area contributed by atoms with E-state index in [-0.39, 0.29) is 6.10 Å². The molecule has 1 atom stereocenters. The molecule has 1 heterocycles. The molecule has 102 valence electrons. The second kappa shape index (κ2) is 5.67. The molecule has 0 saturated heterocycles. The van der Waals surface area contributed by atoms with Gasteiger partial charge in [-0.15, -0.1) is 0 Å². The Bertz CT molecular complexity index is 593. The number of methoxy groups -OCH3 is 1. The first-order valence-electron chi connectivity index (χ1n) is 6.35. The van der Waals surface area contributed by atoms with Gasteiger partial charge in [0.1, 0.15) is 17.6 Å². The molecule has 2 aromatic rings. The zero-order chi connectivity index (χ0) is 13.8. The Morgan fingerprint density at radius 2 is 1.65 bits per heavy atom.